The summed E-state index contributed by atoms with van der Waals surface area (Å²) in [5.41, 5.74) is 0. The molecule has 2 aliphatic heterocycles. The van der Waals surface area contributed by atoms with Crippen LogP contribution in [0.1, 0.15) is 34.1 Å². The molecule has 39 heavy (non-hydrogen) atoms. The van der Waals surface area contributed by atoms with E-state index in [1.165, 1.54) is 0 Å². The predicted molar refractivity (Wildman–Crippen MR) is 170 cm³/mol. The topological polar surface area (TPSA) is 64.6 Å². The molecule has 0 radical (unpaired) electrons. The minimum Gasteiger partial charge on any atom is -0.415 e. The molecule has 2 aliphatic rings. The van der Waals surface area contributed by atoms with E-state index in [2.05, 4.69) is 106 Å². The molecule has 0 saturated carbocycles. The Morgan fingerprint density at radius 1 is 0.513 bits per heavy atom. The number of ether oxygens (including phenoxy) is 3. The zero-order valence-corrected chi connectivity index (χ0v) is 32.0. The molecule has 0 aromatic heterocycles. The minimum absolute atomic E-state index is 0.0307. The van der Waals surface area contributed by atoms with Crippen LogP contribution >= 0.6 is 0 Å². The van der Waals surface area contributed by atoms with E-state index in [0.717, 1.165) is 6.42 Å². The smallest absolute Gasteiger partial charge is 0.188 e. The van der Waals surface area contributed by atoms with Gasteiger partial charge in [0.25, 0.3) is 0 Å². The second-order valence-corrected chi connectivity index (χ2v) is 33.6. The molecule has 10 atom stereocenters. The molecular formula is C28H62O7Si4. The third kappa shape index (κ3) is 11.3. The molecule has 0 bridgehead atoms. The highest BCUT2D eigenvalue weighted by Crippen LogP contribution is 2.40. The number of hydrogen-bond donors (Lipinski definition) is 0. The van der Waals surface area contributed by atoms with Crippen LogP contribution in [0, 0.1) is 17.8 Å². The lowest BCUT2D eigenvalue weighted by molar-refractivity contribution is -0.355. The molecule has 232 valence electrons. The van der Waals surface area contributed by atoms with Crippen LogP contribution in [0.2, 0.25) is 78.6 Å². The van der Waals surface area contributed by atoms with E-state index >= 15 is 0 Å². The zero-order valence-electron chi connectivity index (χ0n) is 28.0. The van der Waals surface area contributed by atoms with E-state index in [1.807, 2.05) is 0 Å². The normalized spacial score (nSPS) is 37.2. The third-order valence-electron chi connectivity index (χ3n) is 7.28. The fourth-order valence-electron chi connectivity index (χ4n) is 5.34. The summed E-state index contributed by atoms with van der Waals surface area (Å²) in [5.74, 6) is 0.556. The van der Waals surface area contributed by atoms with Crippen LogP contribution in [-0.4, -0.2) is 83.0 Å². The lowest BCUT2D eigenvalue weighted by Crippen LogP contribution is -2.62. The SMILES string of the molecule is CC[C@H]1O[C@H](O[C@H]2O[C@H](CO[Si](C)(C)C)[C@@H](O[Si](C)(C)C)[C@H](C)[C@H]2C)[C@H](O[Si](C)(C)C)[C@@H](O[Si](C)(C)C)[C@@H]1C. The standard InChI is InChI=1S/C28H62O7Si4/c1-17-22-21(4)25(34-38(11,12)13)26(35-39(14,15)16)28(30-22)32-27-20(3)19(2)24(33-37(8,9)10)23(31-27)18-29-36(5,6)7/h19-28H,17-18H2,1-16H3/t19-,20-,21-,22-,23-,24+,25+,26-,27-,28-/m1/s1. The second kappa shape index (κ2) is 13.5. The van der Waals surface area contributed by atoms with E-state index in [4.69, 9.17) is 31.9 Å². The molecule has 0 amide bonds. The first-order valence-electron chi connectivity index (χ1n) is 15.1. The summed E-state index contributed by atoms with van der Waals surface area (Å²) in [5, 5.41) is 0. The van der Waals surface area contributed by atoms with Crippen molar-refractivity contribution in [3.63, 3.8) is 0 Å². The van der Waals surface area contributed by atoms with Gasteiger partial charge in [0.05, 0.1) is 24.9 Å². The first-order chi connectivity index (χ1) is 17.5. The molecule has 2 heterocycles. The molecule has 2 saturated heterocycles. The molecular weight excluding hydrogens is 561 g/mol. The fraction of sp³-hybridized carbons (Fsp3) is 1.00. The van der Waals surface area contributed by atoms with E-state index in [-0.39, 0.29) is 48.3 Å². The molecule has 0 N–H and O–H groups in total. The van der Waals surface area contributed by atoms with Gasteiger partial charge in [-0.3, -0.25) is 0 Å². The fourth-order valence-corrected chi connectivity index (χ4v) is 9.41. The molecule has 11 heteroatoms. The van der Waals surface area contributed by atoms with Crippen LogP contribution in [0.25, 0.3) is 0 Å². The highest BCUT2D eigenvalue weighted by molar-refractivity contribution is 6.70. The molecule has 0 aromatic rings. The summed E-state index contributed by atoms with van der Waals surface area (Å²) >= 11 is 0. The van der Waals surface area contributed by atoms with Gasteiger partial charge in [-0.2, -0.15) is 0 Å². The molecule has 2 fully saturated rings. The summed E-state index contributed by atoms with van der Waals surface area (Å²) in [6.07, 6.45) is -0.715. The molecule has 0 spiro atoms. The highest BCUT2D eigenvalue weighted by atomic mass is 28.4. The van der Waals surface area contributed by atoms with Crippen LogP contribution < -0.4 is 0 Å². The van der Waals surface area contributed by atoms with Crippen molar-refractivity contribution in [2.24, 2.45) is 17.8 Å². The highest BCUT2D eigenvalue weighted by Gasteiger charge is 2.51. The summed E-state index contributed by atoms with van der Waals surface area (Å²) in [7, 11) is -7.35. The van der Waals surface area contributed by atoms with Crippen molar-refractivity contribution < 1.29 is 31.9 Å². The molecule has 0 aromatic carbocycles. The Morgan fingerprint density at radius 3 is 1.44 bits per heavy atom. The van der Waals surface area contributed by atoms with Crippen LogP contribution in [0.5, 0.6) is 0 Å². The van der Waals surface area contributed by atoms with E-state index in [1.54, 1.807) is 0 Å². The number of rotatable bonds is 12. The van der Waals surface area contributed by atoms with Crippen LogP contribution in [-0.2, 0) is 31.9 Å². The molecule has 0 unspecified atom stereocenters. The molecule has 7 nitrogen and oxygen atoms in total. The van der Waals surface area contributed by atoms with Gasteiger partial charge in [-0.25, -0.2) is 0 Å². The zero-order chi connectivity index (χ0) is 30.1. The Labute approximate surface area is 244 Å². The van der Waals surface area contributed by atoms with Crippen molar-refractivity contribution in [1.82, 2.24) is 0 Å². The van der Waals surface area contributed by atoms with Crippen molar-refractivity contribution in [3.05, 3.63) is 0 Å². The first kappa shape index (κ1) is 35.8. The summed E-state index contributed by atoms with van der Waals surface area (Å²) in [4.78, 5) is 0. The lowest BCUT2D eigenvalue weighted by atomic mass is 9.84. The predicted octanol–water partition coefficient (Wildman–Crippen LogP) is 7.28. The molecule has 2 rings (SSSR count). The minimum atomic E-state index is -1.94. The van der Waals surface area contributed by atoms with Gasteiger partial charge in [0.1, 0.15) is 12.2 Å². The van der Waals surface area contributed by atoms with Crippen molar-refractivity contribution in [3.8, 4) is 0 Å². The maximum absolute atomic E-state index is 6.84. The number of hydrogen-bond acceptors (Lipinski definition) is 7. The van der Waals surface area contributed by atoms with Gasteiger partial charge in [-0.15, -0.1) is 0 Å². The third-order valence-corrected chi connectivity index (χ3v) is 11.2. The molecule has 0 aliphatic carbocycles. The van der Waals surface area contributed by atoms with Gasteiger partial charge < -0.3 is 31.9 Å². The Hall–Kier alpha value is 0.588. The van der Waals surface area contributed by atoms with Gasteiger partial charge >= 0.3 is 0 Å². The largest absolute Gasteiger partial charge is 0.415 e. The Morgan fingerprint density at radius 2 is 0.974 bits per heavy atom. The second-order valence-electron chi connectivity index (χ2n) is 15.7. The maximum Gasteiger partial charge on any atom is 0.188 e. The average Bonchev–Trinajstić information content (AvgIpc) is 2.73. The van der Waals surface area contributed by atoms with Crippen molar-refractivity contribution in [2.75, 3.05) is 6.61 Å². The Bertz CT molecular complexity index is 759. The lowest BCUT2D eigenvalue weighted by Gasteiger charge is -2.51. The van der Waals surface area contributed by atoms with E-state index in [0.29, 0.717) is 6.61 Å². The van der Waals surface area contributed by atoms with Crippen LogP contribution in [0.15, 0.2) is 0 Å². The van der Waals surface area contributed by atoms with Gasteiger partial charge in [-0.1, -0.05) is 27.7 Å². The first-order valence-corrected chi connectivity index (χ1v) is 28.8. The monoisotopic (exact) mass is 622 g/mol. The quantitative estimate of drug-likeness (QED) is 0.212. The Balaban J connectivity index is 2.40. The maximum atomic E-state index is 6.84. The van der Waals surface area contributed by atoms with Crippen LogP contribution in [0.4, 0.5) is 0 Å². The average molecular weight is 623 g/mol. The van der Waals surface area contributed by atoms with Gasteiger partial charge in [0.2, 0.25) is 0 Å². The van der Waals surface area contributed by atoms with Crippen LogP contribution in [0.3, 0.4) is 0 Å². The summed E-state index contributed by atoms with van der Waals surface area (Å²) < 4.78 is 47.0. The van der Waals surface area contributed by atoms with Crippen molar-refractivity contribution in [1.29, 1.82) is 0 Å². The summed E-state index contributed by atoms with van der Waals surface area (Å²) in [6, 6.07) is 0. The Kier molecular flexibility index (Phi) is 12.4. The van der Waals surface area contributed by atoms with Crippen molar-refractivity contribution in [2.45, 2.75) is 156 Å². The summed E-state index contributed by atoms with van der Waals surface area (Å²) in [6.45, 7) is 36.1. The van der Waals surface area contributed by atoms with Gasteiger partial charge in [0.15, 0.2) is 45.8 Å². The van der Waals surface area contributed by atoms with Crippen molar-refractivity contribution >= 4 is 33.3 Å². The van der Waals surface area contributed by atoms with E-state index < -0.39 is 45.8 Å². The van der Waals surface area contributed by atoms with E-state index in [9.17, 15) is 0 Å². The van der Waals surface area contributed by atoms with Gasteiger partial charge in [0, 0.05) is 11.8 Å². The van der Waals surface area contributed by atoms with Gasteiger partial charge in [-0.05, 0) is 90.9 Å².